The molecule has 1 aromatic rings. The van der Waals surface area contributed by atoms with E-state index in [-0.39, 0.29) is 6.09 Å². The van der Waals surface area contributed by atoms with Gasteiger partial charge in [0.05, 0.1) is 0 Å². The summed E-state index contributed by atoms with van der Waals surface area (Å²) < 4.78 is 5.20. The van der Waals surface area contributed by atoms with Gasteiger partial charge in [-0.3, -0.25) is 0 Å². The number of hydrogen-bond donors (Lipinski definition) is 1. The lowest BCUT2D eigenvalue weighted by Gasteiger charge is -2.18. The lowest BCUT2D eigenvalue weighted by molar-refractivity contribution is 0.156. The maximum absolute atomic E-state index is 11.6. The summed E-state index contributed by atoms with van der Waals surface area (Å²) >= 11 is 4.20. The molecule has 3 nitrogen and oxygen atoms in total. The zero-order chi connectivity index (χ0) is 11.3. The highest BCUT2D eigenvalue weighted by molar-refractivity contribution is 7.80. The predicted molar refractivity (Wildman–Crippen MR) is 62.6 cm³/mol. The Kier molecular flexibility index (Phi) is 4.49. The predicted octanol–water partition coefficient (Wildman–Crippen LogP) is 2.82. The molecule has 4 heteroatoms. The van der Waals surface area contributed by atoms with Crippen LogP contribution >= 0.6 is 12.6 Å². The van der Waals surface area contributed by atoms with Crippen molar-refractivity contribution in [3.8, 4) is 5.75 Å². The van der Waals surface area contributed by atoms with Crippen LogP contribution in [0.5, 0.6) is 5.75 Å². The molecule has 0 spiro atoms. The summed E-state index contributed by atoms with van der Waals surface area (Å²) in [4.78, 5) is 13.9. The second kappa shape index (κ2) is 5.66. The molecule has 0 aliphatic heterocycles. The molecule has 1 aromatic carbocycles. The molecule has 0 saturated carbocycles. The van der Waals surface area contributed by atoms with Gasteiger partial charge in [-0.05, 0) is 26.0 Å². The van der Waals surface area contributed by atoms with Crippen LogP contribution in [0.15, 0.2) is 29.2 Å². The van der Waals surface area contributed by atoms with Gasteiger partial charge in [0.2, 0.25) is 0 Å². The Morgan fingerprint density at radius 1 is 1.33 bits per heavy atom. The molecule has 82 valence electrons. The van der Waals surface area contributed by atoms with Gasteiger partial charge in [0.15, 0.2) is 0 Å². The van der Waals surface area contributed by atoms with Gasteiger partial charge in [0.25, 0.3) is 0 Å². The summed E-state index contributed by atoms with van der Waals surface area (Å²) in [5.41, 5.74) is 0. The van der Waals surface area contributed by atoms with E-state index >= 15 is 0 Å². The third-order valence-corrected chi connectivity index (χ3v) is 2.45. The average Bonchev–Trinajstić information content (AvgIpc) is 2.23. The third-order valence-electron chi connectivity index (χ3n) is 2.08. The van der Waals surface area contributed by atoms with Crippen molar-refractivity contribution >= 4 is 18.7 Å². The second-order valence-corrected chi connectivity index (χ2v) is 3.49. The minimum absolute atomic E-state index is 0.332. The monoisotopic (exact) mass is 225 g/mol. The van der Waals surface area contributed by atoms with Crippen LogP contribution in [-0.2, 0) is 0 Å². The highest BCUT2D eigenvalue weighted by Crippen LogP contribution is 2.21. The lowest BCUT2D eigenvalue weighted by atomic mass is 10.3. The smallest absolute Gasteiger partial charge is 0.409 e. The van der Waals surface area contributed by atoms with Crippen LogP contribution in [0.3, 0.4) is 0 Å². The van der Waals surface area contributed by atoms with Gasteiger partial charge in [0.1, 0.15) is 5.75 Å². The first kappa shape index (κ1) is 11.9. The SMILES string of the molecule is CCN(CC)C(=O)Oc1ccccc1S. The highest BCUT2D eigenvalue weighted by Gasteiger charge is 2.12. The summed E-state index contributed by atoms with van der Waals surface area (Å²) in [6, 6.07) is 7.17. The minimum atomic E-state index is -0.332. The molecule has 15 heavy (non-hydrogen) atoms. The van der Waals surface area contributed by atoms with Crippen LogP contribution in [0.1, 0.15) is 13.8 Å². The lowest BCUT2D eigenvalue weighted by Crippen LogP contribution is -2.33. The normalized spacial score (nSPS) is 9.80. The van der Waals surface area contributed by atoms with E-state index in [0.29, 0.717) is 23.7 Å². The van der Waals surface area contributed by atoms with Crippen LogP contribution in [0.4, 0.5) is 4.79 Å². The van der Waals surface area contributed by atoms with E-state index in [9.17, 15) is 4.79 Å². The van der Waals surface area contributed by atoms with Crippen LogP contribution in [0.2, 0.25) is 0 Å². The Labute approximate surface area is 95.4 Å². The fraction of sp³-hybridized carbons (Fsp3) is 0.364. The molecule has 0 N–H and O–H groups in total. The zero-order valence-corrected chi connectivity index (χ0v) is 9.83. The summed E-state index contributed by atoms with van der Waals surface area (Å²) in [6.45, 7) is 5.11. The average molecular weight is 225 g/mol. The molecule has 0 aliphatic carbocycles. The molecule has 0 aromatic heterocycles. The Balaban J connectivity index is 2.70. The van der Waals surface area contributed by atoms with Crippen molar-refractivity contribution < 1.29 is 9.53 Å². The summed E-state index contributed by atoms with van der Waals surface area (Å²) in [5.74, 6) is 0.498. The third kappa shape index (κ3) is 3.16. The van der Waals surface area contributed by atoms with Gasteiger partial charge in [0, 0.05) is 18.0 Å². The number of amides is 1. The largest absolute Gasteiger partial charge is 0.415 e. The number of carbonyl (C=O) groups excluding carboxylic acids is 1. The van der Waals surface area contributed by atoms with E-state index in [1.54, 1.807) is 17.0 Å². The molecule has 0 radical (unpaired) electrons. The van der Waals surface area contributed by atoms with Gasteiger partial charge in [-0.1, -0.05) is 12.1 Å². The van der Waals surface area contributed by atoms with Gasteiger partial charge >= 0.3 is 6.09 Å². The van der Waals surface area contributed by atoms with E-state index in [1.165, 1.54) is 0 Å². The fourth-order valence-corrected chi connectivity index (χ4v) is 1.39. The first-order valence-electron chi connectivity index (χ1n) is 4.93. The second-order valence-electron chi connectivity index (χ2n) is 3.01. The number of carbonyl (C=O) groups is 1. The Morgan fingerprint density at radius 2 is 1.93 bits per heavy atom. The van der Waals surface area contributed by atoms with Crippen molar-refractivity contribution in [2.45, 2.75) is 18.7 Å². The molecule has 0 unspecified atom stereocenters. The molecular weight excluding hydrogens is 210 g/mol. The van der Waals surface area contributed by atoms with Crippen molar-refractivity contribution in [2.24, 2.45) is 0 Å². The van der Waals surface area contributed by atoms with Crippen LogP contribution < -0.4 is 4.74 Å². The van der Waals surface area contributed by atoms with Crippen molar-refractivity contribution in [1.82, 2.24) is 4.90 Å². The summed E-state index contributed by atoms with van der Waals surface area (Å²) in [7, 11) is 0. The van der Waals surface area contributed by atoms with E-state index in [0.717, 1.165) is 0 Å². The van der Waals surface area contributed by atoms with Gasteiger partial charge in [-0.15, -0.1) is 12.6 Å². The number of benzene rings is 1. The molecular formula is C11H15NO2S. The number of thiol groups is 1. The van der Waals surface area contributed by atoms with Crippen molar-refractivity contribution in [3.05, 3.63) is 24.3 Å². The number of rotatable bonds is 3. The Morgan fingerprint density at radius 3 is 2.47 bits per heavy atom. The van der Waals surface area contributed by atoms with E-state index in [4.69, 9.17) is 4.74 Å². The topological polar surface area (TPSA) is 29.5 Å². The molecule has 0 heterocycles. The van der Waals surface area contributed by atoms with Crippen LogP contribution in [-0.4, -0.2) is 24.1 Å². The molecule has 0 atom stereocenters. The first-order chi connectivity index (χ1) is 7.19. The zero-order valence-electron chi connectivity index (χ0n) is 8.93. The van der Waals surface area contributed by atoms with Crippen molar-refractivity contribution in [1.29, 1.82) is 0 Å². The molecule has 0 bridgehead atoms. The number of ether oxygens (including phenoxy) is 1. The Hall–Kier alpha value is -1.16. The Bertz CT molecular complexity index is 337. The van der Waals surface area contributed by atoms with E-state index in [2.05, 4.69) is 12.6 Å². The van der Waals surface area contributed by atoms with E-state index < -0.39 is 0 Å². The maximum Gasteiger partial charge on any atom is 0.415 e. The molecule has 0 fully saturated rings. The number of hydrogen-bond acceptors (Lipinski definition) is 3. The van der Waals surface area contributed by atoms with Gasteiger partial charge in [-0.2, -0.15) is 0 Å². The van der Waals surface area contributed by atoms with Crippen LogP contribution in [0.25, 0.3) is 0 Å². The van der Waals surface area contributed by atoms with Crippen molar-refractivity contribution in [2.75, 3.05) is 13.1 Å². The fourth-order valence-electron chi connectivity index (χ4n) is 1.18. The molecule has 0 aliphatic rings. The minimum Gasteiger partial charge on any atom is -0.409 e. The maximum atomic E-state index is 11.6. The highest BCUT2D eigenvalue weighted by atomic mass is 32.1. The first-order valence-corrected chi connectivity index (χ1v) is 5.38. The van der Waals surface area contributed by atoms with Crippen LogP contribution in [0, 0.1) is 0 Å². The molecule has 0 saturated heterocycles. The molecule has 1 rings (SSSR count). The van der Waals surface area contributed by atoms with Crippen molar-refractivity contribution in [3.63, 3.8) is 0 Å². The van der Waals surface area contributed by atoms with Gasteiger partial charge in [-0.25, -0.2) is 4.79 Å². The standard InChI is InChI=1S/C11H15NO2S/c1-3-12(4-2)11(13)14-9-7-5-6-8-10(9)15/h5-8,15H,3-4H2,1-2H3. The quantitative estimate of drug-likeness (QED) is 0.802. The van der Waals surface area contributed by atoms with E-state index in [1.807, 2.05) is 26.0 Å². The number of para-hydroxylation sites is 1. The van der Waals surface area contributed by atoms with Gasteiger partial charge < -0.3 is 9.64 Å². The summed E-state index contributed by atoms with van der Waals surface area (Å²) in [6.07, 6.45) is -0.332. The molecule has 1 amide bonds. The summed E-state index contributed by atoms with van der Waals surface area (Å²) in [5, 5.41) is 0. The number of nitrogens with zero attached hydrogens (tertiary/aromatic N) is 1.